The second kappa shape index (κ2) is 7.26. The van der Waals surface area contributed by atoms with E-state index in [0.717, 1.165) is 37.2 Å². The summed E-state index contributed by atoms with van der Waals surface area (Å²) in [6.07, 6.45) is 1.83. The molecule has 104 valence electrons. The fourth-order valence-electron chi connectivity index (χ4n) is 2.30. The van der Waals surface area contributed by atoms with Crippen LogP contribution in [-0.4, -0.2) is 25.6 Å². The summed E-state index contributed by atoms with van der Waals surface area (Å²) in [5.41, 5.74) is 1.91. The predicted molar refractivity (Wildman–Crippen MR) is 76.0 cm³/mol. The molecule has 1 aromatic carbocycles. The Morgan fingerprint density at radius 2 is 2.11 bits per heavy atom. The minimum Gasteiger partial charge on any atom is -0.377 e. The first-order valence-corrected chi connectivity index (χ1v) is 6.98. The summed E-state index contributed by atoms with van der Waals surface area (Å²) in [5, 5.41) is 6.32. The fourth-order valence-corrected chi connectivity index (χ4v) is 2.30. The van der Waals surface area contributed by atoms with Gasteiger partial charge in [0, 0.05) is 23.8 Å². The average Bonchev–Trinajstić information content (AvgIpc) is 2.47. The predicted octanol–water partition coefficient (Wildman–Crippen LogP) is 2.16. The summed E-state index contributed by atoms with van der Waals surface area (Å²) in [6.45, 7) is 5.04. The summed E-state index contributed by atoms with van der Waals surface area (Å²) in [7, 11) is 0. The third-order valence-electron chi connectivity index (χ3n) is 3.45. The van der Waals surface area contributed by atoms with Gasteiger partial charge in [-0.2, -0.15) is 0 Å². The van der Waals surface area contributed by atoms with E-state index in [1.54, 1.807) is 0 Å². The van der Waals surface area contributed by atoms with Crippen molar-refractivity contribution in [1.82, 2.24) is 5.32 Å². The number of amides is 1. The number of carbonyl (C=O) groups is 1. The summed E-state index contributed by atoms with van der Waals surface area (Å²) in [4.78, 5) is 12.2. The topological polar surface area (TPSA) is 50.4 Å². The summed E-state index contributed by atoms with van der Waals surface area (Å²) >= 11 is 0. The molecule has 0 spiro atoms. The van der Waals surface area contributed by atoms with Gasteiger partial charge in [-0.05, 0) is 38.9 Å². The molecule has 1 aromatic rings. The van der Waals surface area contributed by atoms with E-state index >= 15 is 0 Å². The molecule has 4 heteroatoms. The van der Waals surface area contributed by atoms with Crippen molar-refractivity contribution in [3.63, 3.8) is 0 Å². The summed E-state index contributed by atoms with van der Waals surface area (Å²) < 4.78 is 5.43. The zero-order valence-corrected chi connectivity index (χ0v) is 11.4. The molecular formula is C15H22N2O2. The monoisotopic (exact) mass is 262 g/mol. The molecule has 0 atom stereocenters. The quantitative estimate of drug-likeness (QED) is 0.855. The zero-order chi connectivity index (χ0) is 13.5. The molecule has 1 heterocycles. The summed E-state index contributed by atoms with van der Waals surface area (Å²) in [6, 6.07) is 7.84. The van der Waals surface area contributed by atoms with Crippen molar-refractivity contribution in [2.45, 2.75) is 26.4 Å². The van der Waals surface area contributed by atoms with E-state index in [1.165, 1.54) is 0 Å². The van der Waals surface area contributed by atoms with Crippen LogP contribution in [0.2, 0.25) is 0 Å². The van der Waals surface area contributed by atoms with Gasteiger partial charge in [-0.3, -0.25) is 4.79 Å². The Kier molecular flexibility index (Phi) is 5.36. The number of hydrogen-bond donors (Lipinski definition) is 2. The Morgan fingerprint density at radius 3 is 2.84 bits per heavy atom. The maximum absolute atomic E-state index is 12.2. The number of piperidine rings is 1. The lowest BCUT2D eigenvalue weighted by molar-refractivity contribution is -0.120. The lowest BCUT2D eigenvalue weighted by atomic mass is 9.97. The largest absolute Gasteiger partial charge is 0.377 e. The fraction of sp³-hybridized carbons (Fsp3) is 0.533. The van der Waals surface area contributed by atoms with Crippen molar-refractivity contribution >= 4 is 11.6 Å². The number of nitrogens with one attached hydrogen (secondary N) is 2. The van der Waals surface area contributed by atoms with E-state index in [4.69, 9.17) is 4.74 Å². The van der Waals surface area contributed by atoms with Crippen LogP contribution in [0.25, 0.3) is 0 Å². The van der Waals surface area contributed by atoms with E-state index < -0.39 is 0 Å². The highest BCUT2D eigenvalue weighted by atomic mass is 16.5. The third-order valence-corrected chi connectivity index (χ3v) is 3.45. The molecule has 0 radical (unpaired) electrons. The van der Waals surface area contributed by atoms with E-state index in [-0.39, 0.29) is 11.8 Å². The molecule has 0 bridgehead atoms. The van der Waals surface area contributed by atoms with E-state index in [0.29, 0.717) is 13.2 Å². The number of ether oxygens (including phenoxy) is 1. The maximum Gasteiger partial charge on any atom is 0.227 e. The van der Waals surface area contributed by atoms with Crippen LogP contribution >= 0.6 is 0 Å². The molecule has 1 amide bonds. The van der Waals surface area contributed by atoms with Gasteiger partial charge in [0.15, 0.2) is 0 Å². The van der Waals surface area contributed by atoms with Crippen LogP contribution in [0.4, 0.5) is 5.69 Å². The van der Waals surface area contributed by atoms with Crippen molar-refractivity contribution in [2.75, 3.05) is 25.0 Å². The number of carbonyl (C=O) groups excluding carboxylic acids is 1. The highest BCUT2D eigenvalue weighted by Crippen LogP contribution is 2.19. The van der Waals surface area contributed by atoms with Crippen LogP contribution in [0.3, 0.4) is 0 Å². The standard InChI is InChI=1S/C15H22N2O2/c1-2-19-11-13-5-3-4-6-14(13)17-15(18)12-7-9-16-10-8-12/h3-6,12,16H,2,7-11H2,1H3,(H,17,18). The molecule has 2 N–H and O–H groups in total. The van der Waals surface area contributed by atoms with Crippen LogP contribution in [0.5, 0.6) is 0 Å². The molecule has 1 fully saturated rings. The molecule has 1 aliphatic heterocycles. The minimum atomic E-state index is 0.126. The molecular weight excluding hydrogens is 240 g/mol. The van der Waals surface area contributed by atoms with Crippen LogP contribution < -0.4 is 10.6 Å². The molecule has 0 aliphatic carbocycles. The highest BCUT2D eigenvalue weighted by Gasteiger charge is 2.21. The van der Waals surface area contributed by atoms with Gasteiger partial charge in [0.05, 0.1) is 6.61 Å². The number of anilines is 1. The molecule has 4 nitrogen and oxygen atoms in total. The van der Waals surface area contributed by atoms with Gasteiger partial charge in [-0.1, -0.05) is 18.2 Å². The molecule has 2 rings (SSSR count). The van der Waals surface area contributed by atoms with Crippen LogP contribution in [0.1, 0.15) is 25.3 Å². The molecule has 0 saturated carbocycles. The maximum atomic E-state index is 12.2. The lowest BCUT2D eigenvalue weighted by Crippen LogP contribution is -2.34. The second-order valence-corrected chi connectivity index (χ2v) is 4.81. The Balaban J connectivity index is 1.99. The molecule has 0 aromatic heterocycles. The number of hydrogen-bond acceptors (Lipinski definition) is 3. The lowest BCUT2D eigenvalue weighted by Gasteiger charge is -2.22. The minimum absolute atomic E-state index is 0.126. The molecule has 1 saturated heterocycles. The van der Waals surface area contributed by atoms with Crippen LogP contribution in [0, 0.1) is 5.92 Å². The number of benzene rings is 1. The molecule has 19 heavy (non-hydrogen) atoms. The number of para-hydroxylation sites is 1. The Bertz CT molecular complexity index is 414. The first-order chi connectivity index (χ1) is 9.31. The Labute approximate surface area is 114 Å². The number of rotatable bonds is 5. The highest BCUT2D eigenvalue weighted by molar-refractivity contribution is 5.93. The van der Waals surface area contributed by atoms with Gasteiger partial charge >= 0.3 is 0 Å². The Morgan fingerprint density at radius 1 is 1.37 bits per heavy atom. The van der Waals surface area contributed by atoms with E-state index in [1.807, 2.05) is 31.2 Å². The normalized spacial score (nSPS) is 16.3. The second-order valence-electron chi connectivity index (χ2n) is 4.81. The van der Waals surface area contributed by atoms with Gasteiger partial charge in [0.1, 0.15) is 0 Å². The van der Waals surface area contributed by atoms with Gasteiger partial charge in [0.25, 0.3) is 0 Å². The smallest absolute Gasteiger partial charge is 0.227 e. The van der Waals surface area contributed by atoms with Gasteiger partial charge in [0.2, 0.25) is 5.91 Å². The Hall–Kier alpha value is -1.39. The van der Waals surface area contributed by atoms with Gasteiger partial charge in [-0.25, -0.2) is 0 Å². The van der Waals surface area contributed by atoms with Crippen molar-refractivity contribution in [3.8, 4) is 0 Å². The third kappa shape index (κ3) is 4.04. The first-order valence-electron chi connectivity index (χ1n) is 6.98. The van der Waals surface area contributed by atoms with Gasteiger partial charge in [-0.15, -0.1) is 0 Å². The average molecular weight is 262 g/mol. The van der Waals surface area contributed by atoms with Crippen molar-refractivity contribution in [2.24, 2.45) is 5.92 Å². The van der Waals surface area contributed by atoms with Crippen molar-refractivity contribution in [3.05, 3.63) is 29.8 Å². The molecule has 1 aliphatic rings. The van der Waals surface area contributed by atoms with Crippen LogP contribution in [-0.2, 0) is 16.1 Å². The van der Waals surface area contributed by atoms with Crippen molar-refractivity contribution in [1.29, 1.82) is 0 Å². The SMILES string of the molecule is CCOCc1ccccc1NC(=O)C1CCNCC1. The van der Waals surface area contributed by atoms with E-state index in [2.05, 4.69) is 10.6 Å². The summed E-state index contributed by atoms with van der Waals surface area (Å²) in [5.74, 6) is 0.256. The first kappa shape index (κ1) is 14.0. The van der Waals surface area contributed by atoms with Crippen LogP contribution in [0.15, 0.2) is 24.3 Å². The van der Waals surface area contributed by atoms with Crippen molar-refractivity contribution < 1.29 is 9.53 Å². The zero-order valence-electron chi connectivity index (χ0n) is 11.4. The molecule has 0 unspecified atom stereocenters. The van der Waals surface area contributed by atoms with Gasteiger partial charge < -0.3 is 15.4 Å². The van der Waals surface area contributed by atoms with E-state index in [9.17, 15) is 4.79 Å².